The molecule has 0 aliphatic carbocycles. The van der Waals surface area contributed by atoms with E-state index < -0.39 is 23.1 Å². The minimum absolute atomic E-state index is 0.332. The van der Waals surface area contributed by atoms with Gasteiger partial charge in [-0.25, -0.2) is 8.78 Å². The number of carbonyl (C=O) groups is 1. The van der Waals surface area contributed by atoms with Crippen molar-refractivity contribution >= 4 is 17.7 Å². The number of thioether (sulfide) groups is 1. The summed E-state index contributed by atoms with van der Waals surface area (Å²) < 4.78 is 25.6. The highest BCUT2D eigenvalue weighted by Gasteiger charge is 2.26. The molecule has 1 unspecified atom stereocenters. The molecule has 18 heavy (non-hydrogen) atoms. The lowest BCUT2D eigenvalue weighted by Gasteiger charge is -2.18. The predicted octanol–water partition coefficient (Wildman–Crippen LogP) is 2.64. The van der Waals surface area contributed by atoms with Gasteiger partial charge in [-0.15, -0.1) is 11.8 Å². The summed E-state index contributed by atoms with van der Waals surface area (Å²) in [5.74, 6) is -2.19. The number of nitrogens with two attached hydrogens (primary N) is 1. The van der Waals surface area contributed by atoms with Crippen molar-refractivity contribution in [3.63, 3.8) is 0 Å². The Morgan fingerprint density at radius 1 is 1.44 bits per heavy atom. The maximum atomic E-state index is 12.9. The van der Waals surface area contributed by atoms with E-state index in [0.717, 1.165) is 12.1 Å². The Morgan fingerprint density at radius 3 is 2.67 bits per heavy atom. The maximum Gasteiger partial charge on any atom is 0.323 e. The Bertz CT molecular complexity index is 438. The molecule has 0 aliphatic rings. The summed E-state index contributed by atoms with van der Waals surface area (Å²) in [6.07, 6.45) is 0.919. The zero-order valence-corrected chi connectivity index (χ0v) is 10.8. The van der Waals surface area contributed by atoms with E-state index in [0.29, 0.717) is 23.5 Å². The smallest absolute Gasteiger partial charge is 0.323 e. The molecule has 100 valence electrons. The van der Waals surface area contributed by atoms with Crippen molar-refractivity contribution < 1.29 is 18.7 Å². The molecule has 1 aromatic rings. The van der Waals surface area contributed by atoms with Gasteiger partial charge in [0.15, 0.2) is 11.6 Å². The third-order valence-corrected chi connectivity index (χ3v) is 3.57. The lowest BCUT2D eigenvalue weighted by molar-refractivity contribution is -0.142. The van der Waals surface area contributed by atoms with Crippen molar-refractivity contribution in [1.29, 1.82) is 0 Å². The normalized spacial score (nSPS) is 14.2. The average Bonchev–Trinajstić information content (AvgIpc) is 2.29. The topological polar surface area (TPSA) is 63.3 Å². The quantitative estimate of drug-likeness (QED) is 0.619. The van der Waals surface area contributed by atoms with E-state index >= 15 is 0 Å². The standard InChI is InChI=1S/C12H15F2NO2S/c1-12(15,11(16)17)5-2-6-18-8-3-4-9(13)10(14)7-8/h3-4,7H,2,5-6,15H2,1H3,(H,16,17). The van der Waals surface area contributed by atoms with Gasteiger partial charge >= 0.3 is 5.97 Å². The van der Waals surface area contributed by atoms with Crippen molar-refractivity contribution in [3.05, 3.63) is 29.8 Å². The van der Waals surface area contributed by atoms with E-state index in [9.17, 15) is 13.6 Å². The molecule has 3 nitrogen and oxygen atoms in total. The van der Waals surface area contributed by atoms with Crippen LogP contribution in [0.5, 0.6) is 0 Å². The van der Waals surface area contributed by atoms with Gasteiger partial charge in [0.1, 0.15) is 5.54 Å². The van der Waals surface area contributed by atoms with Crippen LogP contribution in [0.3, 0.4) is 0 Å². The molecule has 1 atom stereocenters. The van der Waals surface area contributed by atoms with Gasteiger partial charge in [0, 0.05) is 4.90 Å². The molecule has 0 spiro atoms. The highest BCUT2D eigenvalue weighted by Crippen LogP contribution is 2.22. The van der Waals surface area contributed by atoms with E-state index in [-0.39, 0.29) is 0 Å². The van der Waals surface area contributed by atoms with Gasteiger partial charge < -0.3 is 10.8 Å². The van der Waals surface area contributed by atoms with Gasteiger partial charge in [-0.2, -0.15) is 0 Å². The maximum absolute atomic E-state index is 12.9. The molecule has 6 heteroatoms. The molecule has 0 bridgehead atoms. The first-order chi connectivity index (χ1) is 8.33. The molecule has 1 rings (SSSR count). The van der Waals surface area contributed by atoms with E-state index in [4.69, 9.17) is 10.8 Å². The summed E-state index contributed by atoms with van der Waals surface area (Å²) in [6, 6.07) is 3.68. The largest absolute Gasteiger partial charge is 0.480 e. The van der Waals surface area contributed by atoms with Crippen molar-refractivity contribution in [2.45, 2.75) is 30.2 Å². The molecule has 0 amide bonds. The summed E-state index contributed by atoms with van der Waals surface area (Å²) in [4.78, 5) is 11.4. The zero-order valence-electron chi connectivity index (χ0n) is 9.95. The van der Waals surface area contributed by atoms with Gasteiger partial charge in [0.05, 0.1) is 0 Å². The van der Waals surface area contributed by atoms with Crippen LogP contribution in [0, 0.1) is 11.6 Å². The summed E-state index contributed by atoms with van der Waals surface area (Å²) in [6.45, 7) is 1.46. The van der Waals surface area contributed by atoms with Gasteiger partial charge in [0.2, 0.25) is 0 Å². The monoisotopic (exact) mass is 275 g/mol. The van der Waals surface area contributed by atoms with Gasteiger partial charge in [0.25, 0.3) is 0 Å². The zero-order chi connectivity index (χ0) is 13.8. The first-order valence-electron chi connectivity index (χ1n) is 5.43. The van der Waals surface area contributed by atoms with Crippen LogP contribution < -0.4 is 5.73 Å². The molecule has 0 saturated heterocycles. The third-order valence-electron chi connectivity index (χ3n) is 2.49. The van der Waals surface area contributed by atoms with Crippen LogP contribution in [0.1, 0.15) is 19.8 Å². The third kappa shape index (κ3) is 4.27. The summed E-state index contributed by atoms with van der Waals surface area (Å²) in [5.41, 5.74) is 4.32. The number of benzene rings is 1. The molecule has 0 saturated carbocycles. The SMILES string of the molecule is CC(N)(CCCSc1ccc(F)c(F)c1)C(=O)O. The minimum Gasteiger partial charge on any atom is -0.480 e. The number of hydrogen-bond acceptors (Lipinski definition) is 3. The Kier molecular flexibility index (Phi) is 5.10. The van der Waals surface area contributed by atoms with Crippen LogP contribution in [-0.4, -0.2) is 22.4 Å². The minimum atomic E-state index is -1.24. The van der Waals surface area contributed by atoms with E-state index in [1.165, 1.54) is 24.8 Å². The second-order valence-corrected chi connectivity index (χ2v) is 5.42. The first kappa shape index (κ1) is 14.9. The number of halogens is 2. The first-order valence-corrected chi connectivity index (χ1v) is 6.41. The number of carboxylic acids is 1. The van der Waals surface area contributed by atoms with Crippen LogP contribution in [0.2, 0.25) is 0 Å². The Labute approximate surface area is 108 Å². The van der Waals surface area contributed by atoms with Gasteiger partial charge in [-0.3, -0.25) is 4.79 Å². The van der Waals surface area contributed by atoms with Crippen molar-refractivity contribution in [2.75, 3.05) is 5.75 Å². The highest BCUT2D eigenvalue weighted by molar-refractivity contribution is 7.99. The van der Waals surface area contributed by atoms with Crippen molar-refractivity contribution in [2.24, 2.45) is 5.73 Å². The molecule has 0 fully saturated rings. The number of aliphatic carboxylic acids is 1. The Morgan fingerprint density at radius 2 is 2.11 bits per heavy atom. The molecule has 3 N–H and O–H groups in total. The molecular weight excluding hydrogens is 260 g/mol. The second-order valence-electron chi connectivity index (χ2n) is 4.25. The van der Waals surface area contributed by atoms with E-state index in [1.807, 2.05) is 0 Å². The fraction of sp³-hybridized carbons (Fsp3) is 0.417. The van der Waals surface area contributed by atoms with Gasteiger partial charge in [-0.05, 0) is 43.7 Å². The summed E-state index contributed by atoms with van der Waals surface area (Å²) in [7, 11) is 0. The summed E-state index contributed by atoms with van der Waals surface area (Å²) >= 11 is 1.34. The van der Waals surface area contributed by atoms with Crippen LogP contribution in [0.15, 0.2) is 23.1 Å². The molecule has 0 heterocycles. The highest BCUT2D eigenvalue weighted by atomic mass is 32.2. The fourth-order valence-corrected chi connectivity index (χ4v) is 2.18. The van der Waals surface area contributed by atoms with Crippen molar-refractivity contribution in [3.8, 4) is 0 Å². The number of carboxylic acid groups (broad SMARTS) is 1. The van der Waals surface area contributed by atoms with Crippen LogP contribution in [-0.2, 0) is 4.79 Å². The van der Waals surface area contributed by atoms with Crippen LogP contribution in [0.25, 0.3) is 0 Å². The van der Waals surface area contributed by atoms with Gasteiger partial charge in [-0.1, -0.05) is 0 Å². The molecular formula is C12H15F2NO2S. The van der Waals surface area contributed by atoms with E-state index in [1.54, 1.807) is 0 Å². The molecule has 0 radical (unpaired) electrons. The summed E-state index contributed by atoms with van der Waals surface area (Å²) in [5, 5.41) is 8.80. The fourth-order valence-electron chi connectivity index (χ4n) is 1.30. The lowest BCUT2D eigenvalue weighted by atomic mass is 9.98. The lowest BCUT2D eigenvalue weighted by Crippen LogP contribution is -2.44. The average molecular weight is 275 g/mol. The number of hydrogen-bond donors (Lipinski definition) is 2. The second kappa shape index (κ2) is 6.15. The molecule has 0 aromatic heterocycles. The van der Waals surface area contributed by atoms with Crippen LogP contribution >= 0.6 is 11.8 Å². The molecule has 1 aromatic carbocycles. The Hall–Kier alpha value is -1.14. The predicted molar refractivity (Wildman–Crippen MR) is 66.5 cm³/mol. The Balaban J connectivity index is 2.38. The van der Waals surface area contributed by atoms with Crippen molar-refractivity contribution in [1.82, 2.24) is 0 Å². The van der Waals surface area contributed by atoms with Crippen LogP contribution in [0.4, 0.5) is 8.78 Å². The number of rotatable bonds is 6. The molecule has 0 aliphatic heterocycles. The van der Waals surface area contributed by atoms with E-state index in [2.05, 4.69) is 0 Å².